The molecule has 1 aromatic carbocycles. The van der Waals surface area contributed by atoms with E-state index in [0.717, 1.165) is 61.4 Å². The van der Waals surface area contributed by atoms with Crippen LogP contribution in [0.2, 0.25) is 0 Å². The monoisotopic (exact) mass is 340 g/mol. The molecule has 0 unspecified atom stereocenters. The Labute approximate surface area is 150 Å². The summed E-state index contributed by atoms with van der Waals surface area (Å²) in [5.74, 6) is 1.07. The number of amides is 2. The molecule has 1 aliphatic heterocycles. The summed E-state index contributed by atoms with van der Waals surface area (Å²) in [6.45, 7) is 4.66. The number of benzene rings is 1. The Balaban J connectivity index is 1.56. The van der Waals surface area contributed by atoms with Gasteiger partial charge in [-0.25, -0.2) is 0 Å². The lowest BCUT2D eigenvalue weighted by molar-refractivity contribution is -0.116. The molecule has 3 aliphatic rings. The largest absolute Gasteiger partial charge is 0.333 e. The maximum absolute atomic E-state index is 13.3. The molecular weight excluding hydrogens is 312 g/mol. The van der Waals surface area contributed by atoms with Crippen LogP contribution in [0.15, 0.2) is 18.2 Å². The zero-order valence-corrected chi connectivity index (χ0v) is 15.3. The molecule has 25 heavy (non-hydrogen) atoms. The fourth-order valence-electron chi connectivity index (χ4n) is 4.51. The number of anilines is 1. The van der Waals surface area contributed by atoms with Crippen LogP contribution in [0, 0.1) is 5.92 Å². The fourth-order valence-corrected chi connectivity index (χ4v) is 4.51. The third kappa shape index (κ3) is 3.19. The van der Waals surface area contributed by atoms with Gasteiger partial charge in [-0.15, -0.1) is 0 Å². The first-order valence-corrected chi connectivity index (χ1v) is 9.78. The predicted octanol–water partition coefficient (Wildman–Crippen LogP) is 3.78. The molecule has 0 atom stereocenters. The quantitative estimate of drug-likeness (QED) is 0.840. The van der Waals surface area contributed by atoms with Gasteiger partial charge in [-0.3, -0.25) is 9.59 Å². The molecule has 2 fully saturated rings. The van der Waals surface area contributed by atoms with E-state index in [2.05, 4.69) is 11.8 Å². The van der Waals surface area contributed by atoms with Crippen molar-refractivity contribution >= 4 is 17.5 Å². The summed E-state index contributed by atoms with van der Waals surface area (Å²) in [5.41, 5.74) is 2.91. The maximum atomic E-state index is 13.3. The molecule has 2 aliphatic carbocycles. The third-order valence-electron chi connectivity index (χ3n) is 6.16. The van der Waals surface area contributed by atoms with E-state index in [1.165, 1.54) is 12.8 Å². The van der Waals surface area contributed by atoms with Crippen LogP contribution in [-0.4, -0.2) is 35.3 Å². The van der Waals surface area contributed by atoms with Gasteiger partial charge in [0.15, 0.2) is 0 Å². The van der Waals surface area contributed by atoms with E-state index in [4.69, 9.17) is 0 Å². The number of nitrogens with zero attached hydrogens (tertiary/aromatic N) is 2. The minimum Gasteiger partial charge on any atom is -0.333 e. The summed E-state index contributed by atoms with van der Waals surface area (Å²) < 4.78 is 0. The molecule has 4 heteroatoms. The molecule has 2 saturated carbocycles. The van der Waals surface area contributed by atoms with Crippen molar-refractivity contribution in [1.29, 1.82) is 0 Å². The highest BCUT2D eigenvalue weighted by atomic mass is 16.2. The van der Waals surface area contributed by atoms with E-state index in [-0.39, 0.29) is 11.8 Å². The van der Waals surface area contributed by atoms with E-state index in [9.17, 15) is 9.59 Å². The van der Waals surface area contributed by atoms with Gasteiger partial charge in [0.05, 0.1) is 0 Å². The summed E-state index contributed by atoms with van der Waals surface area (Å²) in [6, 6.07) is 6.78. The van der Waals surface area contributed by atoms with Gasteiger partial charge in [-0.1, -0.05) is 6.92 Å². The van der Waals surface area contributed by atoms with Crippen molar-refractivity contribution in [2.45, 2.75) is 70.9 Å². The second kappa shape index (κ2) is 6.47. The average Bonchev–Trinajstić information content (AvgIpc) is 3.33. The van der Waals surface area contributed by atoms with Crippen molar-refractivity contribution in [3.63, 3.8) is 0 Å². The van der Waals surface area contributed by atoms with E-state index in [1.54, 1.807) is 6.92 Å². The number of carbonyl (C=O) groups excluding carboxylic acids is 2. The minimum absolute atomic E-state index is 0.0776. The van der Waals surface area contributed by atoms with E-state index in [0.29, 0.717) is 12.1 Å². The van der Waals surface area contributed by atoms with Crippen molar-refractivity contribution in [3.8, 4) is 0 Å². The van der Waals surface area contributed by atoms with Crippen LogP contribution in [0.5, 0.6) is 0 Å². The van der Waals surface area contributed by atoms with Crippen LogP contribution >= 0.6 is 0 Å². The van der Waals surface area contributed by atoms with Crippen LogP contribution in [0.1, 0.15) is 68.3 Å². The summed E-state index contributed by atoms with van der Waals surface area (Å²) in [5, 5.41) is 0. The molecule has 1 aromatic rings. The lowest BCUT2D eigenvalue weighted by Crippen LogP contribution is -2.43. The standard InChI is InChI=1S/C21H28N2O2/c1-14-3-6-18(7-4-14)23(19-8-9-19)21(25)17-5-10-20-16(13-17)11-12-22(20)15(2)24/h5,10,13-14,18-19H,3-4,6-9,11-12H2,1-2H3. The van der Waals surface area contributed by atoms with Crippen molar-refractivity contribution in [2.24, 2.45) is 5.92 Å². The Kier molecular flexibility index (Phi) is 4.30. The van der Waals surface area contributed by atoms with Gasteiger partial charge in [-0.2, -0.15) is 0 Å². The van der Waals surface area contributed by atoms with Crippen molar-refractivity contribution in [2.75, 3.05) is 11.4 Å². The Hall–Kier alpha value is -1.84. The summed E-state index contributed by atoms with van der Waals surface area (Å²) in [7, 11) is 0. The van der Waals surface area contributed by atoms with Gasteiger partial charge in [-0.05, 0) is 74.6 Å². The van der Waals surface area contributed by atoms with Gasteiger partial charge in [0.25, 0.3) is 5.91 Å². The molecule has 4 rings (SSSR count). The number of hydrogen-bond donors (Lipinski definition) is 0. The lowest BCUT2D eigenvalue weighted by atomic mass is 9.86. The van der Waals surface area contributed by atoms with Gasteiger partial charge >= 0.3 is 0 Å². The van der Waals surface area contributed by atoms with Crippen LogP contribution < -0.4 is 4.90 Å². The Morgan fingerprint density at radius 2 is 1.68 bits per heavy atom. The van der Waals surface area contributed by atoms with E-state index < -0.39 is 0 Å². The molecule has 0 saturated heterocycles. The highest BCUT2D eigenvalue weighted by Gasteiger charge is 2.39. The van der Waals surface area contributed by atoms with Gasteiger partial charge in [0.2, 0.25) is 5.91 Å². The zero-order valence-electron chi connectivity index (χ0n) is 15.3. The van der Waals surface area contributed by atoms with Crippen LogP contribution in [0.25, 0.3) is 0 Å². The molecule has 0 bridgehead atoms. The molecule has 0 N–H and O–H groups in total. The molecule has 4 nitrogen and oxygen atoms in total. The number of fused-ring (bicyclic) bond motifs is 1. The van der Waals surface area contributed by atoms with E-state index in [1.807, 2.05) is 23.1 Å². The molecule has 0 radical (unpaired) electrons. The van der Waals surface area contributed by atoms with Crippen molar-refractivity contribution in [3.05, 3.63) is 29.3 Å². The first-order chi connectivity index (χ1) is 12.0. The predicted molar refractivity (Wildman–Crippen MR) is 98.8 cm³/mol. The van der Waals surface area contributed by atoms with Crippen molar-refractivity contribution in [1.82, 2.24) is 4.90 Å². The first kappa shape index (κ1) is 16.6. The van der Waals surface area contributed by atoms with Crippen LogP contribution in [-0.2, 0) is 11.2 Å². The van der Waals surface area contributed by atoms with Crippen molar-refractivity contribution < 1.29 is 9.59 Å². The second-order valence-corrected chi connectivity index (χ2v) is 8.12. The van der Waals surface area contributed by atoms with Gasteiger partial charge in [0.1, 0.15) is 0 Å². The highest BCUT2D eigenvalue weighted by molar-refractivity contribution is 5.98. The molecule has 0 spiro atoms. The third-order valence-corrected chi connectivity index (χ3v) is 6.16. The minimum atomic E-state index is 0.0776. The SMILES string of the molecule is CC(=O)N1CCc2cc(C(=O)N(C3CCC(C)CC3)C3CC3)ccc21. The Morgan fingerprint density at radius 1 is 1.04 bits per heavy atom. The number of hydrogen-bond acceptors (Lipinski definition) is 2. The second-order valence-electron chi connectivity index (χ2n) is 8.12. The van der Waals surface area contributed by atoms with Gasteiger partial charge in [0, 0.05) is 36.8 Å². The highest BCUT2D eigenvalue weighted by Crippen LogP contribution is 2.37. The molecule has 2 amide bonds. The molecule has 0 aromatic heterocycles. The number of rotatable bonds is 3. The summed E-state index contributed by atoms with van der Waals surface area (Å²) in [4.78, 5) is 29.0. The smallest absolute Gasteiger partial charge is 0.254 e. The normalized spacial score (nSPS) is 25.6. The molecule has 1 heterocycles. The molecule has 134 valence electrons. The zero-order chi connectivity index (χ0) is 17.6. The summed E-state index contributed by atoms with van der Waals surface area (Å²) >= 11 is 0. The Morgan fingerprint density at radius 3 is 2.28 bits per heavy atom. The fraction of sp³-hybridized carbons (Fsp3) is 0.619. The maximum Gasteiger partial charge on any atom is 0.254 e. The average molecular weight is 340 g/mol. The van der Waals surface area contributed by atoms with Crippen LogP contribution in [0.4, 0.5) is 5.69 Å². The molecular formula is C21H28N2O2. The van der Waals surface area contributed by atoms with E-state index >= 15 is 0 Å². The number of carbonyl (C=O) groups is 2. The first-order valence-electron chi connectivity index (χ1n) is 9.78. The Bertz CT molecular complexity index is 687. The van der Waals surface area contributed by atoms with Crippen LogP contribution in [0.3, 0.4) is 0 Å². The van der Waals surface area contributed by atoms with Gasteiger partial charge < -0.3 is 9.80 Å². The topological polar surface area (TPSA) is 40.6 Å². The summed E-state index contributed by atoms with van der Waals surface area (Å²) in [6.07, 6.45) is 7.92. The lowest BCUT2D eigenvalue weighted by Gasteiger charge is -2.36.